The number of aryl methyl sites for hydroxylation is 2. The van der Waals surface area contributed by atoms with Crippen LogP contribution in [-0.4, -0.2) is 27.7 Å². The molecule has 2 aromatic rings. The van der Waals surface area contributed by atoms with Gasteiger partial charge in [-0.2, -0.15) is 0 Å². The van der Waals surface area contributed by atoms with Crippen LogP contribution in [0.25, 0.3) is 10.2 Å². The molecule has 112 valence electrons. The van der Waals surface area contributed by atoms with Gasteiger partial charge in [-0.05, 0) is 45.1 Å². The van der Waals surface area contributed by atoms with Crippen LogP contribution in [0.4, 0.5) is 0 Å². The number of nitrogens with one attached hydrogen (secondary N) is 1. The molecule has 0 spiro atoms. The van der Waals surface area contributed by atoms with Crippen LogP contribution in [0.1, 0.15) is 30.2 Å². The van der Waals surface area contributed by atoms with E-state index in [-0.39, 0.29) is 5.91 Å². The molecule has 1 saturated carbocycles. The molecule has 1 aliphatic rings. The molecule has 1 N–H and O–H groups in total. The number of thiophene rings is 1. The summed E-state index contributed by atoms with van der Waals surface area (Å²) in [5, 5.41) is 5.10. The predicted octanol–water partition coefficient (Wildman–Crippen LogP) is 3.31. The molecule has 0 saturated heterocycles. The second kappa shape index (κ2) is 5.93. The normalized spacial score (nSPS) is 16.1. The van der Waals surface area contributed by atoms with E-state index in [1.807, 2.05) is 0 Å². The topological polar surface area (TPSA) is 54.9 Å². The highest BCUT2D eigenvalue weighted by atomic mass is 32.2. The molecule has 0 aliphatic heterocycles. The molecule has 2 aromatic heterocycles. The number of thioether (sulfide) groups is 1. The third-order valence-electron chi connectivity index (χ3n) is 3.99. The molecule has 0 radical (unpaired) electrons. The number of amides is 1. The maximum Gasteiger partial charge on any atom is 0.230 e. The Hall–Kier alpha value is -1.14. The van der Waals surface area contributed by atoms with Crippen molar-refractivity contribution in [3.8, 4) is 0 Å². The molecule has 1 fully saturated rings. The number of carbonyl (C=O) groups is 1. The summed E-state index contributed by atoms with van der Waals surface area (Å²) in [6, 6.07) is 0.300. The number of hydrogen-bond donors (Lipinski definition) is 1. The zero-order valence-corrected chi connectivity index (χ0v) is 14.1. The van der Waals surface area contributed by atoms with E-state index in [1.54, 1.807) is 17.7 Å². The van der Waals surface area contributed by atoms with E-state index in [0.717, 1.165) is 15.2 Å². The maximum absolute atomic E-state index is 12.0. The van der Waals surface area contributed by atoms with Gasteiger partial charge in [0.25, 0.3) is 0 Å². The Labute approximate surface area is 132 Å². The molecule has 4 nitrogen and oxygen atoms in total. The summed E-state index contributed by atoms with van der Waals surface area (Å²) in [5.74, 6) is 1.19. The fraction of sp³-hybridized carbons (Fsp3) is 0.533. The third kappa shape index (κ3) is 3.21. The van der Waals surface area contributed by atoms with Crippen LogP contribution >= 0.6 is 23.1 Å². The minimum atomic E-state index is 0.0933. The first-order valence-electron chi connectivity index (χ1n) is 7.19. The van der Waals surface area contributed by atoms with E-state index >= 15 is 0 Å². The van der Waals surface area contributed by atoms with Crippen LogP contribution in [0.5, 0.6) is 0 Å². The molecule has 6 heteroatoms. The van der Waals surface area contributed by atoms with Crippen LogP contribution in [0.3, 0.4) is 0 Å². The largest absolute Gasteiger partial charge is 0.353 e. The summed E-state index contributed by atoms with van der Waals surface area (Å²) in [6.07, 6.45) is 4.08. The molecule has 1 atom stereocenters. The van der Waals surface area contributed by atoms with Gasteiger partial charge in [0.05, 0.1) is 5.75 Å². The van der Waals surface area contributed by atoms with Crippen molar-refractivity contribution in [2.45, 2.75) is 44.7 Å². The fourth-order valence-electron chi connectivity index (χ4n) is 2.40. The SMILES string of the molecule is Cc1sc2ncnc(SCC(=O)NC(C)C3CC3)c2c1C. The highest BCUT2D eigenvalue weighted by Crippen LogP contribution is 2.35. The number of hydrogen-bond acceptors (Lipinski definition) is 5. The summed E-state index contributed by atoms with van der Waals surface area (Å²) in [5.41, 5.74) is 1.23. The molecular formula is C15H19N3OS2. The minimum absolute atomic E-state index is 0.0933. The van der Waals surface area contributed by atoms with Crippen molar-refractivity contribution in [1.29, 1.82) is 0 Å². The monoisotopic (exact) mass is 321 g/mol. The Balaban J connectivity index is 1.68. The lowest BCUT2D eigenvalue weighted by atomic mass is 10.2. The molecule has 1 amide bonds. The second-order valence-corrected chi connectivity index (χ2v) is 7.79. The van der Waals surface area contributed by atoms with Gasteiger partial charge in [-0.25, -0.2) is 9.97 Å². The molecule has 3 rings (SSSR count). The van der Waals surface area contributed by atoms with Crippen molar-refractivity contribution in [1.82, 2.24) is 15.3 Å². The van der Waals surface area contributed by atoms with Crippen molar-refractivity contribution in [3.63, 3.8) is 0 Å². The van der Waals surface area contributed by atoms with Gasteiger partial charge >= 0.3 is 0 Å². The Morgan fingerprint density at radius 1 is 1.48 bits per heavy atom. The van der Waals surface area contributed by atoms with Crippen LogP contribution < -0.4 is 5.32 Å². The van der Waals surface area contributed by atoms with Gasteiger partial charge in [-0.1, -0.05) is 11.8 Å². The van der Waals surface area contributed by atoms with Crippen molar-refractivity contribution < 1.29 is 4.79 Å². The first-order chi connectivity index (χ1) is 10.1. The summed E-state index contributed by atoms with van der Waals surface area (Å²) in [4.78, 5) is 23.0. The minimum Gasteiger partial charge on any atom is -0.353 e. The first kappa shape index (κ1) is 14.8. The van der Waals surface area contributed by atoms with E-state index in [9.17, 15) is 4.79 Å². The van der Waals surface area contributed by atoms with Crippen LogP contribution in [0.15, 0.2) is 11.4 Å². The molecule has 21 heavy (non-hydrogen) atoms. The maximum atomic E-state index is 12.0. The molecule has 1 aliphatic carbocycles. The van der Waals surface area contributed by atoms with Crippen molar-refractivity contribution >= 4 is 39.2 Å². The molecule has 0 aromatic carbocycles. The van der Waals surface area contributed by atoms with Crippen LogP contribution in [-0.2, 0) is 4.79 Å². The lowest BCUT2D eigenvalue weighted by molar-refractivity contribution is -0.119. The highest BCUT2D eigenvalue weighted by Gasteiger charge is 2.28. The number of carbonyl (C=O) groups excluding carboxylic acids is 1. The Bertz CT molecular complexity index is 679. The lowest BCUT2D eigenvalue weighted by Gasteiger charge is -2.12. The first-order valence-corrected chi connectivity index (χ1v) is 8.99. The molecule has 1 unspecified atom stereocenters. The van der Waals surface area contributed by atoms with Gasteiger partial charge in [0.1, 0.15) is 16.2 Å². The van der Waals surface area contributed by atoms with Gasteiger partial charge in [-0.3, -0.25) is 4.79 Å². The smallest absolute Gasteiger partial charge is 0.230 e. The quantitative estimate of drug-likeness (QED) is 0.678. The van der Waals surface area contributed by atoms with Gasteiger partial charge in [0.2, 0.25) is 5.91 Å². The van der Waals surface area contributed by atoms with E-state index in [4.69, 9.17) is 0 Å². The molecular weight excluding hydrogens is 302 g/mol. The Morgan fingerprint density at radius 2 is 2.24 bits per heavy atom. The van der Waals surface area contributed by atoms with Crippen molar-refractivity contribution in [3.05, 3.63) is 16.8 Å². The number of fused-ring (bicyclic) bond motifs is 1. The summed E-state index contributed by atoms with van der Waals surface area (Å²) >= 11 is 3.19. The number of nitrogens with zero attached hydrogens (tertiary/aromatic N) is 2. The van der Waals surface area contributed by atoms with Crippen LogP contribution in [0, 0.1) is 19.8 Å². The number of rotatable bonds is 5. The highest BCUT2D eigenvalue weighted by molar-refractivity contribution is 8.00. The van der Waals surface area contributed by atoms with Crippen LogP contribution in [0.2, 0.25) is 0 Å². The summed E-state index contributed by atoms with van der Waals surface area (Å²) < 4.78 is 0. The van der Waals surface area contributed by atoms with Crippen molar-refractivity contribution in [2.75, 3.05) is 5.75 Å². The van der Waals surface area contributed by atoms with Gasteiger partial charge in [0.15, 0.2) is 0 Å². The van der Waals surface area contributed by atoms with Gasteiger partial charge < -0.3 is 5.32 Å². The number of aromatic nitrogens is 2. The fourth-order valence-corrected chi connectivity index (χ4v) is 4.33. The van der Waals surface area contributed by atoms with E-state index in [1.165, 1.54) is 35.0 Å². The van der Waals surface area contributed by atoms with E-state index < -0.39 is 0 Å². The Morgan fingerprint density at radius 3 is 2.95 bits per heavy atom. The Kier molecular flexibility index (Phi) is 4.17. The van der Waals surface area contributed by atoms with Gasteiger partial charge in [0, 0.05) is 16.3 Å². The molecule has 2 heterocycles. The van der Waals surface area contributed by atoms with E-state index in [0.29, 0.717) is 17.7 Å². The molecule has 0 bridgehead atoms. The average molecular weight is 321 g/mol. The third-order valence-corrected chi connectivity index (χ3v) is 6.09. The van der Waals surface area contributed by atoms with Crippen molar-refractivity contribution in [2.24, 2.45) is 5.92 Å². The second-order valence-electron chi connectivity index (χ2n) is 5.62. The zero-order chi connectivity index (χ0) is 15.0. The predicted molar refractivity (Wildman–Crippen MR) is 87.9 cm³/mol. The average Bonchev–Trinajstić information content (AvgIpc) is 3.25. The summed E-state index contributed by atoms with van der Waals surface area (Å²) in [6.45, 7) is 6.28. The van der Waals surface area contributed by atoms with Gasteiger partial charge in [-0.15, -0.1) is 11.3 Å². The van der Waals surface area contributed by atoms with E-state index in [2.05, 4.69) is 36.1 Å². The standard InChI is InChI=1S/C15H19N3OS2/c1-8-10(3)21-15-13(8)14(16-7-17-15)20-6-12(19)18-9(2)11-4-5-11/h7,9,11H,4-6H2,1-3H3,(H,18,19). The zero-order valence-electron chi connectivity index (χ0n) is 12.5. The summed E-state index contributed by atoms with van der Waals surface area (Å²) in [7, 11) is 0. The lowest BCUT2D eigenvalue weighted by Crippen LogP contribution is -2.35.